The number of benzene rings is 2. The maximum Gasteiger partial charge on any atom is 0.416 e. The molecule has 1 N–H and O–H groups in total. The highest BCUT2D eigenvalue weighted by molar-refractivity contribution is 7.98. The quantitative estimate of drug-likeness (QED) is 0.454. The molecule has 4 nitrogen and oxygen atoms in total. The Bertz CT molecular complexity index is 1110. The van der Waals surface area contributed by atoms with Crippen LogP contribution in [0.25, 0.3) is 10.6 Å². The van der Waals surface area contributed by atoms with Gasteiger partial charge in [0.05, 0.1) is 11.3 Å². The van der Waals surface area contributed by atoms with Crippen LogP contribution in [0.3, 0.4) is 0 Å². The number of rotatable bonds is 5. The second-order valence-electron chi connectivity index (χ2n) is 7.14. The van der Waals surface area contributed by atoms with Crippen LogP contribution >= 0.6 is 23.1 Å². The third kappa shape index (κ3) is 4.88. The first-order valence-corrected chi connectivity index (χ1v) is 11.3. The summed E-state index contributed by atoms with van der Waals surface area (Å²) in [5, 5.41) is 9.80. The summed E-state index contributed by atoms with van der Waals surface area (Å²) in [6.45, 7) is 1.90. The van der Waals surface area contributed by atoms with Crippen LogP contribution in [0, 0.1) is 6.92 Å². The Labute approximate surface area is 185 Å². The largest absolute Gasteiger partial charge is 0.479 e. The number of hydrogen-bond acceptors (Lipinski definition) is 5. The number of alkyl halides is 3. The molecule has 1 aromatic heterocycles. The van der Waals surface area contributed by atoms with Crippen molar-refractivity contribution < 1.29 is 27.8 Å². The van der Waals surface area contributed by atoms with Crippen LogP contribution < -0.4 is 4.74 Å². The standard InChI is InChI=1S/C22H18F3NO3S2/c1-12-19(31-20(26-12)13-2-5-15(6-3-13)22(23,24)25)11-30-16-7-9-17-14(10-16)4-8-18(29-17)21(27)28/h2-3,5-7,9-10,18H,4,8,11H2,1H3,(H,27,28). The van der Waals surface area contributed by atoms with Crippen LogP contribution in [0.15, 0.2) is 47.4 Å². The number of aromatic nitrogens is 1. The normalized spacial score (nSPS) is 15.9. The van der Waals surface area contributed by atoms with Gasteiger partial charge >= 0.3 is 12.1 Å². The number of aryl methyl sites for hydroxylation is 2. The average molecular weight is 466 g/mol. The number of hydrogen-bond donors (Lipinski definition) is 1. The van der Waals surface area contributed by atoms with Crippen molar-refractivity contribution >= 4 is 29.1 Å². The number of thiazole rings is 1. The summed E-state index contributed by atoms with van der Waals surface area (Å²) in [6.07, 6.45) is -4.05. The van der Waals surface area contributed by atoms with Crippen LogP contribution in [-0.4, -0.2) is 22.2 Å². The van der Waals surface area contributed by atoms with Gasteiger partial charge in [0.1, 0.15) is 10.8 Å². The van der Waals surface area contributed by atoms with Crippen molar-refractivity contribution in [3.8, 4) is 16.3 Å². The SMILES string of the molecule is Cc1nc(-c2ccc(C(F)(F)F)cc2)sc1CSc1ccc2c(c1)CCC(C(=O)O)O2. The lowest BCUT2D eigenvalue weighted by Gasteiger charge is -2.23. The van der Waals surface area contributed by atoms with E-state index in [2.05, 4.69) is 4.98 Å². The first-order valence-electron chi connectivity index (χ1n) is 9.50. The van der Waals surface area contributed by atoms with E-state index in [1.807, 2.05) is 19.1 Å². The molecule has 4 rings (SSSR count). The number of ether oxygens (including phenoxy) is 1. The van der Waals surface area contributed by atoms with Gasteiger partial charge in [0.15, 0.2) is 6.10 Å². The van der Waals surface area contributed by atoms with E-state index in [9.17, 15) is 18.0 Å². The van der Waals surface area contributed by atoms with E-state index in [0.717, 1.165) is 33.2 Å². The van der Waals surface area contributed by atoms with E-state index in [0.29, 0.717) is 34.9 Å². The van der Waals surface area contributed by atoms with Crippen LogP contribution in [0.4, 0.5) is 13.2 Å². The van der Waals surface area contributed by atoms with Gasteiger partial charge in [-0.25, -0.2) is 9.78 Å². The Morgan fingerprint density at radius 3 is 2.68 bits per heavy atom. The van der Waals surface area contributed by atoms with Gasteiger partial charge in [-0.1, -0.05) is 12.1 Å². The zero-order chi connectivity index (χ0) is 22.2. The highest BCUT2D eigenvalue weighted by atomic mass is 32.2. The molecule has 0 spiro atoms. The summed E-state index contributed by atoms with van der Waals surface area (Å²) in [7, 11) is 0. The molecule has 162 valence electrons. The minimum absolute atomic E-state index is 0.445. The van der Waals surface area contributed by atoms with E-state index in [-0.39, 0.29) is 0 Å². The Balaban J connectivity index is 1.44. The lowest BCUT2D eigenvalue weighted by atomic mass is 10.0. The number of fused-ring (bicyclic) bond motifs is 1. The number of halogens is 3. The van der Waals surface area contributed by atoms with Crippen molar-refractivity contribution in [3.63, 3.8) is 0 Å². The highest BCUT2D eigenvalue weighted by Crippen LogP contribution is 2.37. The van der Waals surface area contributed by atoms with E-state index in [1.165, 1.54) is 23.5 Å². The van der Waals surface area contributed by atoms with Crippen molar-refractivity contribution in [3.05, 3.63) is 64.2 Å². The number of carboxylic acid groups (broad SMARTS) is 1. The molecule has 1 aliphatic heterocycles. The smallest absolute Gasteiger partial charge is 0.416 e. The molecule has 0 saturated carbocycles. The predicted molar refractivity (Wildman–Crippen MR) is 114 cm³/mol. The molecule has 0 aliphatic carbocycles. The van der Waals surface area contributed by atoms with Crippen molar-refractivity contribution in [1.82, 2.24) is 4.98 Å². The van der Waals surface area contributed by atoms with E-state index in [4.69, 9.17) is 9.84 Å². The summed E-state index contributed by atoms with van der Waals surface area (Å²) in [5.74, 6) is 0.344. The van der Waals surface area contributed by atoms with Crippen LogP contribution in [0.1, 0.15) is 28.1 Å². The van der Waals surface area contributed by atoms with Crippen LogP contribution in [-0.2, 0) is 23.1 Å². The zero-order valence-corrected chi connectivity index (χ0v) is 18.0. The molecule has 1 unspecified atom stereocenters. The van der Waals surface area contributed by atoms with Gasteiger partial charge in [-0.05, 0) is 55.7 Å². The predicted octanol–water partition coefficient (Wildman–Crippen LogP) is 6.21. The molecule has 9 heteroatoms. The average Bonchev–Trinajstić information content (AvgIpc) is 3.11. The second-order valence-corrected chi connectivity index (χ2v) is 9.28. The Kier molecular flexibility index (Phi) is 5.98. The zero-order valence-electron chi connectivity index (χ0n) is 16.4. The van der Waals surface area contributed by atoms with E-state index in [1.54, 1.807) is 17.8 Å². The molecule has 1 atom stereocenters. The molecular formula is C22H18F3NO3S2. The highest BCUT2D eigenvalue weighted by Gasteiger charge is 2.30. The first-order chi connectivity index (χ1) is 14.7. The number of nitrogens with zero attached hydrogens (tertiary/aromatic N) is 1. The molecule has 31 heavy (non-hydrogen) atoms. The van der Waals surface area contributed by atoms with Crippen LogP contribution in [0.2, 0.25) is 0 Å². The van der Waals surface area contributed by atoms with Gasteiger partial charge in [0, 0.05) is 21.1 Å². The van der Waals surface area contributed by atoms with Crippen LogP contribution in [0.5, 0.6) is 5.75 Å². The molecule has 0 radical (unpaired) electrons. The lowest BCUT2D eigenvalue weighted by molar-refractivity contribution is -0.145. The molecule has 1 aliphatic rings. The summed E-state index contributed by atoms with van der Waals surface area (Å²) < 4.78 is 43.8. The maximum absolute atomic E-state index is 12.8. The topological polar surface area (TPSA) is 59.4 Å². The minimum Gasteiger partial charge on any atom is -0.479 e. The maximum atomic E-state index is 12.8. The van der Waals surface area contributed by atoms with Crippen molar-refractivity contribution in [2.75, 3.05) is 0 Å². The first kappa shape index (κ1) is 21.7. The Morgan fingerprint density at radius 2 is 2.00 bits per heavy atom. The van der Waals surface area contributed by atoms with Gasteiger partial charge in [-0.3, -0.25) is 0 Å². The third-order valence-electron chi connectivity index (χ3n) is 4.97. The van der Waals surface area contributed by atoms with Gasteiger partial charge in [0.2, 0.25) is 0 Å². The number of carboxylic acids is 1. The van der Waals surface area contributed by atoms with Gasteiger partial charge in [0.25, 0.3) is 0 Å². The minimum atomic E-state index is -4.35. The Hall–Kier alpha value is -2.52. The molecule has 2 heterocycles. The third-order valence-corrected chi connectivity index (χ3v) is 7.38. The van der Waals surface area contributed by atoms with Crippen molar-refractivity contribution in [1.29, 1.82) is 0 Å². The summed E-state index contributed by atoms with van der Waals surface area (Å²) in [4.78, 5) is 17.7. The Morgan fingerprint density at radius 1 is 1.26 bits per heavy atom. The molecule has 2 aromatic carbocycles. The summed E-state index contributed by atoms with van der Waals surface area (Å²) in [6, 6.07) is 10.8. The number of aliphatic carboxylic acids is 1. The van der Waals surface area contributed by atoms with E-state index >= 15 is 0 Å². The molecule has 0 amide bonds. The van der Waals surface area contributed by atoms with Crippen molar-refractivity contribution in [2.45, 2.75) is 42.7 Å². The molecule has 0 bridgehead atoms. The monoisotopic (exact) mass is 465 g/mol. The molecule has 0 fully saturated rings. The fourth-order valence-electron chi connectivity index (χ4n) is 3.26. The summed E-state index contributed by atoms with van der Waals surface area (Å²) in [5.41, 5.74) is 1.84. The number of thioether (sulfide) groups is 1. The summed E-state index contributed by atoms with van der Waals surface area (Å²) >= 11 is 3.11. The number of carbonyl (C=O) groups is 1. The molecule has 0 saturated heterocycles. The van der Waals surface area contributed by atoms with Gasteiger partial charge < -0.3 is 9.84 Å². The second kappa shape index (κ2) is 8.55. The van der Waals surface area contributed by atoms with Gasteiger partial charge in [-0.15, -0.1) is 23.1 Å². The fraction of sp³-hybridized carbons (Fsp3) is 0.273. The van der Waals surface area contributed by atoms with Crippen molar-refractivity contribution in [2.24, 2.45) is 0 Å². The van der Waals surface area contributed by atoms with Gasteiger partial charge in [-0.2, -0.15) is 13.2 Å². The molecular weight excluding hydrogens is 447 g/mol. The molecule has 3 aromatic rings. The van der Waals surface area contributed by atoms with E-state index < -0.39 is 23.8 Å². The fourth-order valence-corrected chi connectivity index (χ4v) is 5.44. The lowest BCUT2D eigenvalue weighted by Crippen LogP contribution is -2.30.